The van der Waals surface area contributed by atoms with Crippen LogP contribution < -0.4 is 4.74 Å². The molecule has 1 aromatic rings. The van der Waals surface area contributed by atoms with E-state index in [4.69, 9.17) is 4.74 Å². The Morgan fingerprint density at radius 3 is 2.54 bits per heavy atom. The zero-order valence-electron chi connectivity index (χ0n) is 15.5. The average Bonchev–Trinajstić information content (AvgIpc) is 3.19. The monoisotopic (exact) mass is 361 g/mol. The number of aliphatic hydroxyl groups is 2. The molecular formula is C21H31NO4. The van der Waals surface area contributed by atoms with Gasteiger partial charge in [-0.05, 0) is 50.2 Å². The number of aryl methyl sites for hydroxylation is 1. The molecule has 2 atom stereocenters. The van der Waals surface area contributed by atoms with Gasteiger partial charge in [0.25, 0.3) is 0 Å². The molecule has 1 fully saturated rings. The highest BCUT2D eigenvalue weighted by Gasteiger charge is 2.28. The zero-order chi connectivity index (χ0) is 18.4. The Hall–Kier alpha value is -1.59. The minimum atomic E-state index is -0.952. The molecular weight excluding hydrogens is 330 g/mol. The standard InChI is InChI=1S/C21H31NO4/c23-18-12-14-22(21(25)17-9-1-2-10-17)13-6-5-8-16-7-3-4-11-20(16)26-15-19(18)24/h3-4,7,11,17-19,23-24H,1-2,5-6,8-10,12-15H2/t18-,19+/m0/s1. The second-order valence-electron chi connectivity index (χ2n) is 7.61. The average molecular weight is 361 g/mol. The van der Waals surface area contributed by atoms with E-state index in [1.54, 1.807) is 0 Å². The van der Waals surface area contributed by atoms with Gasteiger partial charge in [0.2, 0.25) is 5.91 Å². The first-order chi connectivity index (χ1) is 12.6. The summed E-state index contributed by atoms with van der Waals surface area (Å²) >= 11 is 0. The minimum absolute atomic E-state index is 0.0642. The zero-order valence-corrected chi connectivity index (χ0v) is 15.5. The van der Waals surface area contributed by atoms with E-state index in [1.807, 2.05) is 29.2 Å². The van der Waals surface area contributed by atoms with E-state index in [9.17, 15) is 15.0 Å². The van der Waals surface area contributed by atoms with Gasteiger partial charge in [0.05, 0.1) is 6.10 Å². The Morgan fingerprint density at radius 1 is 0.962 bits per heavy atom. The summed E-state index contributed by atoms with van der Waals surface area (Å²) in [5.74, 6) is 1.16. The summed E-state index contributed by atoms with van der Waals surface area (Å²) in [5, 5.41) is 20.5. The third-order valence-electron chi connectivity index (χ3n) is 5.66. The summed E-state index contributed by atoms with van der Waals surface area (Å²) < 4.78 is 5.75. The molecule has 0 radical (unpaired) electrons. The number of fused-ring (bicyclic) bond motifs is 1. The number of carbonyl (C=O) groups excluding carboxylic acids is 1. The maximum Gasteiger partial charge on any atom is 0.225 e. The molecule has 1 heterocycles. The molecule has 2 aliphatic rings. The van der Waals surface area contributed by atoms with E-state index in [0.717, 1.165) is 62.8 Å². The summed E-state index contributed by atoms with van der Waals surface area (Å²) in [4.78, 5) is 14.7. The first-order valence-corrected chi connectivity index (χ1v) is 10.0. The molecule has 3 rings (SSSR count). The number of ether oxygens (including phenoxy) is 1. The second kappa shape index (κ2) is 9.38. The third kappa shape index (κ3) is 4.98. The quantitative estimate of drug-likeness (QED) is 0.806. The smallest absolute Gasteiger partial charge is 0.225 e. The topological polar surface area (TPSA) is 70.0 Å². The van der Waals surface area contributed by atoms with Gasteiger partial charge in [-0.15, -0.1) is 0 Å². The van der Waals surface area contributed by atoms with Crippen LogP contribution in [0.1, 0.15) is 50.5 Å². The Labute approximate surface area is 156 Å². The highest BCUT2D eigenvalue weighted by atomic mass is 16.5. The van der Waals surface area contributed by atoms with Crippen LogP contribution in [0.25, 0.3) is 0 Å². The van der Waals surface area contributed by atoms with Crippen molar-refractivity contribution in [2.75, 3.05) is 19.7 Å². The molecule has 1 amide bonds. The van der Waals surface area contributed by atoms with Crippen molar-refractivity contribution < 1.29 is 19.7 Å². The number of hydrogen-bond acceptors (Lipinski definition) is 4. The molecule has 0 saturated heterocycles. The van der Waals surface area contributed by atoms with Crippen molar-refractivity contribution in [1.29, 1.82) is 0 Å². The van der Waals surface area contributed by atoms with Gasteiger partial charge in [-0.25, -0.2) is 0 Å². The van der Waals surface area contributed by atoms with E-state index in [0.29, 0.717) is 13.0 Å². The molecule has 5 nitrogen and oxygen atoms in total. The SMILES string of the molecule is O=C(C1CCCC1)N1CCCCc2ccccc2OC[C@@H](O)[C@@H](O)CC1. The molecule has 26 heavy (non-hydrogen) atoms. The van der Waals surface area contributed by atoms with Gasteiger partial charge in [-0.3, -0.25) is 4.79 Å². The van der Waals surface area contributed by atoms with Crippen LogP contribution in [0.15, 0.2) is 24.3 Å². The van der Waals surface area contributed by atoms with Crippen molar-refractivity contribution in [1.82, 2.24) is 4.90 Å². The van der Waals surface area contributed by atoms with E-state index in [-0.39, 0.29) is 18.4 Å². The number of para-hydroxylation sites is 1. The summed E-state index contributed by atoms with van der Waals surface area (Å²) in [6, 6.07) is 7.85. The first-order valence-electron chi connectivity index (χ1n) is 10.0. The van der Waals surface area contributed by atoms with Crippen molar-refractivity contribution in [2.24, 2.45) is 5.92 Å². The molecule has 0 spiro atoms. The summed E-state index contributed by atoms with van der Waals surface area (Å²) in [6.07, 6.45) is 5.60. The van der Waals surface area contributed by atoms with Gasteiger partial charge in [-0.1, -0.05) is 31.0 Å². The van der Waals surface area contributed by atoms with Gasteiger partial charge in [0, 0.05) is 19.0 Å². The number of nitrogens with zero attached hydrogens (tertiary/aromatic N) is 1. The van der Waals surface area contributed by atoms with E-state index >= 15 is 0 Å². The molecule has 0 bridgehead atoms. The largest absolute Gasteiger partial charge is 0.491 e. The summed E-state index contributed by atoms with van der Waals surface area (Å²) in [5.41, 5.74) is 1.11. The lowest BCUT2D eigenvalue weighted by atomic mass is 10.0. The fourth-order valence-corrected chi connectivity index (χ4v) is 4.00. The maximum atomic E-state index is 12.8. The fourth-order valence-electron chi connectivity index (χ4n) is 4.00. The number of aliphatic hydroxyl groups excluding tert-OH is 2. The molecule has 5 heteroatoms. The number of hydrogen-bond donors (Lipinski definition) is 2. The molecule has 0 aromatic heterocycles. The van der Waals surface area contributed by atoms with E-state index in [2.05, 4.69) is 0 Å². The van der Waals surface area contributed by atoms with Crippen LogP contribution in [0.4, 0.5) is 0 Å². The van der Waals surface area contributed by atoms with E-state index < -0.39 is 12.2 Å². The van der Waals surface area contributed by atoms with Crippen LogP contribution in [0.2, 0.25) is 0 Å². The van der Waals surface area contributed by atoms with E-state index in [1.165, 1.54) is 0 Å². The first kappa shape index (κ1) is 19.2. The lowest BCUT2D eigenvalue weighted by Gasteiger charge is -2.27. The third-order valence-corrected chi connectivity index (χ3v) is 5.66. The normalized spacial score (nSPS) is 26.2. The van der Waals surface area contributed by atoms with Crippen molar-refractivity contribution in [3.8, 4) is 5.75 Å². The molecule has 144 valence electrons. The number of amides is 1. The van der Waals surface area contributed by atoms with Gasteiger partial charge in [0.15, 0.2) is 0 Å². The van der Waals surface area contributed by atoms with Crippen molar-refractivity contribution in [2.45, 2.75) is 63.6 Å². The molecule has 1 saturated carbocycles. The highest BCUT2D eigenvalue weighted by molar-refractivity contribution is 5.79. The Bertz CT molecular complexity index is 585. The minimum Gasteiger partial charge on any atom is -0.491 e. The lowest BCUT2D eigenvalue weighted by Crippen LogP contribution is -2.40. The van der Waals surface area contributed by atoms with Crippen molar-refractivity contribution in [3.05, 3.63) is 29.8 Å². The van der Waals surface area contributed by atoms with Crippen LogP contribution in [0, 0.1) is 5.92 Å². The van der Waals surface area contributed by atoms with Crippen LogP contribution in [0.3, 0.4) is 0 Å². The number of benzene rings is 1. The summed E-state index contributed by atoms with van der Waals surface area (Å²) in [7, 11) is 0. The molecule has 0 unspecified atom stereocenters. The van der Waals surface area contributed by atoms with Gasteiger partial charge < -0.3 is 19.8 Å². The molecule has 1 aliphatic carbocycles. The Balaban J connectivity index is 1.69. The fraction of sp³-hybridized carbons (Fsp3) is 0.667. The van der Waals surface area contributed by atoms with Gasteiger partial charge in [-0.2, -0.15) is 0 Å². The molecule has 1 aliphatic heterocycles. The van der Waals surface area contributed by atoms with Crippen LogP contribution in [-0.2, 0) is 11.2 Å². The van der Waals surface area contributed by atoms with Crippen molar-refractivity contribution in [3.63, 3.8) is 0 Å². The molecule has 2 N–H and O–H groups in total. The van der Waals surface area contributed by atoms with Crippen LogP contribution in [0.5, 0.6) is 5.75 Å². The Kier molecular flexibility index (Phi) is 6.92. The van der Waals surface area contributed by atoms with Gasteiger partial charge >= 0.3 is 0 Å². The predicted octanol–water partition coefficient (Wildman–Crippen LogP) is 2.53. The predicted molar refractivity (Wildman–Crippen MR) is 100 cm³/mol. The maximum absolute atomic E-state index is 12.8. The van der Waals surface area contributed by atoms with Crippen molar-refractivity contribution >= 4 is 5.91 Å². The van der Waals surface area contributed by atoms with Crippen LogP contribution >= 0.6 is 0 Å². The highest BCUT2D eigenvalue weighted by Crippen LogP contribution is 2.27. The Morgan fingerprint density at radius 2 is 1.73 bits per heavy atom. The number of rotatable bonds is 1. The number of carbonyl (C=O) groups is 1. The summed E-state index contributed by atoms with van der Waals surface area (Å²) in [6.45, 7) is 1.29. The lowest BCUT2D eigenvalue weighted by molar-refractivity contribution is -0.136. The van der Waals surface area contributed by atoms with Gasteiger partial charge in [0.1, 0.15) is 18.5 Å². The second-order valence-corrected chi connectivity index (χ2v) is 7.61. The van der Waals surface area contributed by atoms with Crippen LogP contribution in [-0.4, -0.2) is 52.9 Å². The molecule has 1 aromatic carbocycles.